The van der Waals surface area contributed by atoms with Gasteiger partial charge in [0, 0.05) is 33.4 Å². The molecule has 0 saturated heterocycles. The first kappa shape index (κ1) is 16.1. The second-order valence-corrected chi connectivity index (χ2v) is 4.21. The average Bonchev–Trinajstić information content (AvgIpc) is 2.28. The minimum absolute atomic E-state index is 0. The molecule has 0 aliphatic heterocycles. The Morgan fingerprint density at radius 2 is 1.71 bits per heavy atom. The molecule has 1 aromatic carbocycles. The van der Waals surface area contributed by atoms with Crippen molar-refractivity contribution in [2.24, 2.45) is 0 Å². The molecule has 0 N–H and O–H groups in total. The number of benzene rings is 1. The van der Waals surface area contributed by atoms with Gasteiger partial charge in [0.2, 0.25) is 5.91 Å². The van der Waals surface area contributed by atoms with E-state index >= 15 is 0 Å². The summed E-state index contributed by atoms with van der Waals surface area (Å²) in [5.41, 5.74) is 2.25. The van der Waals surface area contributed by atoms with Crippen molar-refractivity contribution < 1.29 is 4.79 Å². The standard InChI is InChI=1S/C12H17ClN2O.ClH/c1-14(2)11-6-4-10(5-7-11)9-15(3)12(16)8-13;/h4-7H,8-9H2,1-3H3;1H. The molecule has 17 heavy (non-hydrogen) atoms. The van der Waals surface area contributed by atoms with Crippen LogP contribution in [-0.4, -0.2) is 37.8 Å². The molecule has 0 bridgehead atoms. The van der Waals surface area contributed by atoms with Gasteiger partial charge >= 0.3 is 0 Å². The Kier molecular flexibility index (Phi) is 7.00. The SMILES string of the molecule is CN(Cc1ccc(N(C)C)cc1)C(=O)CCl.Cl. The molecule has 0 fully saturated rings. The van der Waals surface area contributed by atoms with Gasteiger partial charge in [-0.3, -0.25) is 4.79 Å². The third kappa shape index (κ3) is 4.84. The van der Waals surface area contributed by atoms with Gasteiger partial charge in [-0.25, -0.2) is 0 Å². The normalized spacial score (nSPS) is 9.41. The molecule has 0 heterocycles. The first-order valence-electron chi connectivity index (χ1n) is 5.10. The van der Waals surface area contributed by atoms with Gasteiger partial charge in [0.05, 0.1) is 0 Å². The van der Waals surface area contributed by atoms with Crippen LogP contribution < -0.4 is 4.90 Å². The van der Waals surface area contributed by atoms with Gasteiger partial charge in [-0.1, -0.05) is 12.1 Å². The maximum absolute atomic E-state index is 11.3. The monoisotopic (exact) mass is 276 g/mol. The summed E-state index contributed by atoms with van der Waals surface area (Å²) >= 11 is 5.48. The second-order valence-electron chi connectivity index (χ2n) is 3.94. The highest BCUT2D eigenvalue weighted by Gasteiger charge is 2.07. The van der Waals surface area contributed by atoms with Crippen LogP contribution in [-0.2, 0) is 11.3 Å². The zero-order valence-corrected chi connectivity index (χ0v) is 11.9. The van der Waals surface area contributed by atoms with E-state index in [2.05, 4.69) is 0 Å². The van der Waals surface area contributed by atoms with E-state index in [0.29, 0.717) is 6.54 Å². The highest BCUT2D eigenvalue weighted by atomic mass is 35.5. The van der Waals surface area contributed by atoms with Crippen molar-refractivity contribution in [2.75, 3.05) is 31.9 Å². The highest BCUT2D eigenvalue weighted by Crippen LogP contribution is 2.13. The van der Waals surface area contributed by atoms with Gasteiger partial charge in [0.25, 0.3) is 0 Å². The molecular weight excluding hydrogens is 259 g/mol. The van der Waals surface area contributed by atoms with E-state index in [1.807, 2.05) is 43.3 Å². The number of rotatable bonds is 4. The molecule has 0 radical (unpaired) electrons. The van der Waals surface area contributed by atoms with Crippen molar-refractivity contribution in [3.8, 4) is 0 Å². The highest BCUT2D eigenvalue weighted by molar-refractivity contribution is 6.27. The van der Waals surface area contributed by atoms with E-state index in [-0.39, 0.29) is 24.2 Å². The topological polar surface area (TPSA) is 23.6 Å². The Morgan fingerprint density at radius 1 is 1.18 bits per heavy atom. The molecule has 0 aromatic heterocycles. The first-order valence-corrected chi connectivity index (χ1v) is 5.64. The molecule has 0 spiro atoms. The number of hydrogen-bond donors (Lipinski definition) is 0. The first-order chi connectivity index (χ1) is 7.54. The third-order valence-electron chi connectivity index (χ3n) is 2.41. The Bertz CT molecular complexity index is 352. The molecule has 1 amide bonds. The minimum atomic E-state index is -0.0571. The van der Waals surface area contributed by atoms with Crippen LogP contribution in [0.25, 0.3) is 0 Å². The van der Waals surface area contributed by atoms with E-state index in [4.69, 9.17) is 11.6 Å². The van der Waals surface area contributed by atoms with Gasteiger partial charge in [0.1, 0.15) is 5.88 Å². The van der Waals surface area contributed by atoms with Gasteiger partial charge in [-0.05, 0) is 17.7 Å². The van der Waals surface area contributed by atoms with Crippen molar-refractivity contribution >= 4 is 35.6 Å². The van der Waals surface area contributed by atoms with E-state index in [1.54, 1.807) is 11.9 Å². The summed E-state index contributed by atoms with van der Waals surface area (Å²) < 4.78 is 0. The van der Waals surface area contributed by atoms with Crippen molar-refractivity contribution in [3.05, 3.63) is 29.8 Å². The molecule has 0 unspecified atom stereocenters. The predicted molar refractivity (Wildman–Crippen MR) is 75.2 cm³/mol. The van der Waals surface area contributed by atoms with Crippen molar-refractivity contribution in [2.45, 2.75) is 6.54 Å². The molecule has 0 atom stereocenters. The third-order valence-corrected chi connectivity index (χ3v) is 2.64. The fourth-order valence-electron chi connectivity index (χ4n) is 1.36. The minimum Gasteiger partial charge on any atom is -0.378 e. The summed E-state index contributed by atoms with van der Waals surface area (Å²) in [6.45, 7) is 0.596. The summed E-state index contributed by atoms with van der Waals surface area (Å²) in [7, 11) is 5.75. The van der Waals surface area contributed by atoms with Crippen LogP contribution in [0.5, 0.6) is 0 Å². The lowest BCUT2D eigenvalue weighted by Crippen LogP contribution is -2.27. The molecule has 1 aromatic rings. The van der Waals surface area contributed by atoms with Crippen LogP contribution in [0.2, 0.25) is 0 Å². The molecule has 0 aliphatic carbocycles. The van der Waals surface area contributed by atoms with Crippen LogP contribution in [0.1, 0.15) is 5.56 Å². The summed E-state index contributed by atoms with van der Waals surface area (Å²) in [6, 6.07) is 8.11. The lowest BCUT2D eigenvalue weighted by Gasteiger charge is -2.17. The smallest absolute Gasteiger partial charge is 0.237 e. The van der Waals surface area contributed by atoms with Gasteiger partial charge in [-0.15, -0.1) is 24.0 Å². The fraction of sp³-hybridized carbons (Fsp3) is 0.417. The molecule has 0 aliphatic rings. The number of amides is 1. The average molecular weight is 277 g/mol. The Morgan fingerprint density at radius 3 is 2.12 bits per heavy atom. The molecule has 1 rings (SSSR count). The lowest BCUT2D eigenvalue weighted by atomic mass is 10.2. The number of nitrogens with zero attached hydrogens (tertiary/aromatic N) is 2. The summed E-state index contributed by atoms with van der Waals surface area (Å²) in [5, 5.41) is 0. The van der Waals surface area contributed by atoms with Crippen LogP contribution in [0.15, 0.2) is 24.3 Å². The summed E-state index contributed by atoms with van der Waals surface area (Å²) in [6.07, 6.45) is 0. The van der Waals surface area contributed by atoms with Crippen LogP contribution in [0.3, 0.4) is 0 Å². The van der Waals surface area contributed by atoms with Crippen molar-refractivity contribution in [1.82, 2.24) is 4.90 Å². The fourth-order valence-corrected chi connectivity index (χ4v) is 1.57. The van der Waals surface area contributed by atoms with E-state index in [9.17, 15) is 4.79 Å². The zero-order chi connectivity index (χ0) is 12.1. The quantitative estimate of drug-likeness (QED) is 0.789. The van der Waals surface area contributed by atoms with Crippen LogP contribution in [0, 0.1) is 0 Å². The summed E-state index contributed by atoms with van der Waals surface area (Å²) in [4.78, 5) is 14.9. The zero-order valence-electron chi connectivity index (χ0n) is 10.3. The number of carbonyl (C=O) groups is 1. The largest absolute Gasteiger partial charge is 0.378 e. The van der Waals surface area contributed by atoms with E-state index < -0.39 is 0 Å². The van der Waals surface area contributed by atoms with E-state index in [1.165, 1.54) is 0 Å². The molecule has 0 saturated carbocycles. The maximum Gasteiger partial charge on any atom is 0.237 e. The number of anilines is 1. The number of alkyl halides is 1. The maximum atomic E-state index is 11.3. The van der Waals surface area contributed by atoms with Crippen LogP contribution >= 0.6 is 24.0 Å². The van der Waals surface area contributed by atoms with Gasteiger partial charge in [-0.2, -0.15) is 0 Å². The number of hydrogen-bond acceptors (Lipinski definition) is 2. The Hall–Kier alpha value is -0.930. The molecule has 3 nitrogen and oxygen atoms in total. The Balaban J connectivity index is 0.00000256. The van der Waals surface area contributed by atoms with Crippen LogP contribution in [0.4, 0.5) is 5.69 Å². The van der Waals surface area contributed by atoms with Gasteiger partial charge < -0.3 is 9.80 Å². The predicted octanol–water partition coefficient (Wildman–Crippen LogP) is 2.37. The summed E-state index contributed by atoms with van der Waals surface area (Å²) in [5.74, 6) is -0.0231. The van der Waals surface area contributed by atoms with E-state index in [0.717, 1.165) is 11.3 Å². The number of halogens is 2. The van der Waals surface area contributed by atoms with Crippen molar-refractivity contribution in [3.63, 3.8) is 0 Å². The molecular formula is C12H18Cl2N2O. The molecule has 5 heteroatoms. The molecule has 96 valence electrons. The second kappa shape index (κ2) is 7.41. The lowest BCUT2D eigenvalue weighted by molar-refractivity contribution is -0.127. The number of carbonyl (C=O) groups excluding carboxylic acids is 1. The van der Waals surface area contributed by atoms with Gasteiger partial charge in [0.15, 0.2) is 0 Å². The Labute approximate surface area is 114 Å². The van der Waals surface area contributed by atoms with Crippen molar-refractivity contribution in [1.29, 1.82) is 0 Å².